The normalized spacial score (nSPS) is 11.9. The first-order valence-electron chi connectivity index (χ1n) is 8.16. The molecule has 0 unspecified atom stereocenters. The van der Waals surface area contributed by atoms with Crippen LogP contribution in [0.2, 0.25) is 0 Å². The topological polar surface area (TPSA) is 47.6 Å². The number of carbonyl (C=O) groups is 1. The van der Waals surface area contributed by atoms with Crippen LogP contribution in [0.4, 0.5) is 5.69 Å². The summed E-state index contributed by atoms with van der Waals surface area (Å²) in [6.45, 7) is 9.65. The molecule has 2 aromatic carbocycles. The Morgan fingerprint density at radius 2 is 1.62 bits per heavy atom. The predicted octanol–water partition coefficient (Wildman–Crippen LogP) is 4.50. The van der Waals surface area contributed by atoms with E-state index in [1.54, 1.807) is 6.92 Å². The van der Waals surface area contributed by atoms with E-state index in [9.17, 15) is 4.79 Å². The monoisotopic (exact) mass is 327 g/mol. The van der Waals surface area contributed by atoms with Crippen molar-refractivity contribution in [2.45, 2.75) is 46.8 Å². The summed E-state index contributed by atoms with van der Waals surface area (Å²) in [4.78, 5) is 12.3. The highest BCUT2D eigenvalue weighted by Gasteiger charge is 2.16. The third-order valence-corrected chi connectivity index (χ3v) is 3.51. The Labute approximate surface area is 143 Å². The smallest absolute Gasteiger partial charge is 0.265 e. The van der Waals surface area contributed by atoms with Crippen molar-refractivity contribution in [1.29, 1.82) is 0 Å². The highest BCUT2D eigenvalue weighted by molar-refractivity contribution is 5.94. The number of ether oxygens (including phenoxy) is 2. The van der Waals surface area contributed by atoms with Crippen molar-refractivity contribution in [3.63, 3.8) is 0 Å². The molecule has 0 saturated heterocycles. The molecule has 128 valence electrons. The maximum absolute atomic E-state index is 12.3. The van der Waals surface area contributed by atoms with Crippen molar-refractivity contribution >= 4 is 11.6 Å². The molecule has 1 atom stereocenters. The van der Waals surface area contributed by atoms with E-state index in [0.29, 0.717) is 5.69 Å². The van der Waals surface area contributed by atoms with Crippen LogP contribution in [0.15, 0.2) is 42.5 Å². The van der Waals surface area contributed by atoms with Crippen molar-refractivity contribution in [2.24, 2.45) is 0 Å². The molecule has 2 aromatic rings. The van der Waals surface area contributed by atoms with Gasteiger partial charge in [-0.2, -0.15) is 0 Å². The molecule has 1 amide bonds. The standard InChI is InChI=1S/C20H25NO3/c1-13(2)23-18-10-8-17(9-11-18)21-20(22)16(5)24-19-12-14(3)6-7-15(19)4/h6-13,16H,1-5H3,(H,21,22)/t16-/m0/s1. The van der Waals surface area contributed by atoms with Gasteiger partial charge in [0, 0.05) is 5.69 Å². The largest absolute Gasteiger partial charge is 0.491 e. The maximum atomic E-state index is 12.3. The zero-order valence-electron chi connectivity index (χ0n) is 14.9. The zero-order valence-corrected chi connectivity index (χ0v) is 14.9. The molecular formula is C20H25NO3. The Morgan fingerprint density at radius 3 is 2.25 bits per heavy atom. The number of aryl methyl sites for hydroxylation is 2. The van der Waals surface area contributed by atoms with Gasteiger partial charge in [-0.05, 0) is 76.1 Å². The highest BCUT2D eigenvalue weighted by atomic mass is 16.5. The number of rotatable bonds is 6. The minimum atomic E-state index is -0.586. The van der Waals surface area contributed by atoms with Crippen molar-refractivity contribution in [3.05, 3.63) is 53.6 Å². The molecule has 4 nitrogen and oxygen atoms in total. The van der Waals surface area contributed by atoms with E-state index in [4.69, 9.17) is 9.47 Å². The summed E-state index contributed by atoms with van der Waals surface area (Å²) in [7, 11) is 0. The molecule has 4 heteroatoms. The van der Waals surface area contributed by atoms with E-state index >= 15 is 0 Å². The lowest BCUT2D eigenvalue weighted by Crippen LogP contribution is -2.30. The SMILES string of the molecule is Cc1ccc(C)c(O[C@@H](C)C(=O)Nc2ccc(OC(C)C)cc2)c1. The minimum Gasteiger partial charge on any atom is -0.491 e. The maximum Gasteiger partial charge on any atom is 0.265 e. The number of benzene rings is 2. The highest BCUT2D eigenvalue weighted by Crippen LogP contribution is 2.21. The predicted molar refractivity (Wildman–Crippen MR) is 96.8 cm³/mol. The van der Waals surface area contributed by atoms with Gasteiger partial charge in [0.05, 0.1) is 6.10 Å². The fourth-order valence-electron chi connectivity index (χ4n) is 2.21. The number of hydrogen-bond acceptors (Lipinski definition) is 3. The summed E-state index contributed by atoms with van der Waals surface area (Å²) in [5, 5.41) is 2.86. The van der Waals surface area contributed by atoms with Gasteiger partial charge in [-0.3, -0.25) is 4.79 Å². The molecule has 0 heterocycles. The molecule has 1 N–H and O–H groups in total. The zero-order chi connectivity index (χ0) is 17.7. The first kappa shape index (κ1) is 17.9. The summed E-state index contributed by atoms with van der Waals surface area (Å²) in [5.74, 6) is 1.33. The fraction of sp³-hybridized carbons (Fsp3) is 0.350. The van der Waals surface area contributed by atoms with Crippen molar-refractivity contribution in [1.82, 2.24) is 0 Å². The van der Waals surface area contributed by atoms with Gasteiger partial charge >= 0.3 is 0 Å². The number of anilines is 1. The summed E-state index contributed by atoms with van der Waals surface area (Å²) >= 11 is 0. The second kappa shape index (κ2) is 7.86. The summed E-state index contributed by atoms with van der Waals surface area (Å²) in [6, 6.07) is 13.3. The van der Waals surface area contributed by atoms with Gasteiger partial charge in [-0.15, -0.1) is 0 Å². The Kier molecular flexibility index (Phi) is 5.85. The molecule has 0 radical (unpaired) electrons. The lowest BCUT2D eigenvalue weighted by molar-refractivity contribution is -0.122. The van der Waals surface area contributed by atoms with Crippen LogP contribution in [0.5, 0.6) is 11.5 Å². The van der Waals surface area contributed by atoms with E-state index in [1.165, 1.54) is 0 Å². The van der Waals surface area contributed by atoms with Crippen molar-refractivity contribution in [3.8, 4) is 11.5 Å². The van der Waals surface area contributed by atoms with Gasteiger partial charge in [-0.1, -0.05) is 12.1 Å². The van der Waals surface area contributed by atoms with Crippen LogP contribution in [-0.2, 0) is 4.79 Å². The average Bonchev–Trinajstić information content (AvgIpc) is 2.52. The second-order valence-corrected chi connectivity index (χ2v) is 6.21. The van der Waals surface area contributed by atoms with Gasteiger partial charge in [0.25, 0.3) is 5.91 Å². The molecule has 0 spiro atoms. The first-order valence-corrected chi connectivity index (χ1v) is 8.16. The van der Waals surface area contributed by atoms with Crippen molar-refractivity contribution < 1.29 is 14.3 Å². The van der Waals surface area contributed by atoms with Crippen LogP contribution in [0.25, 0.3) is 0 Å². The summed E-state index contributed by atoms with van der Waals surface area (Å²) in [6.07, 6.45) is -0.464. The van der Waals surface area contributed by atoms with Gasteiger partial charge in [0.1, 0.15) is 11.5 Å². The molecule has 2 rings (SSSR count). The summed E-state index contributed by atoms with van der Waals surface area (Å²) in [5.41, 5.74) is 2.83. The van der Waals surface area contributed by atoms with E-state index < -0.39 is 6.10 Å². The van der Waals surface area contributed by atoms with E-state index in [-0.39, 0.29) is 12.0 Å². The van der Waals surface area contributed by atoms with E-state index in [1.807, 2.05) is 70.2 Å². The molecule has 0 aromatic heterocycles. The molecule has 0 aliphatic carbocycles. The van der Waals surface area contributed by atoms with Crippen LogP contribution in [-0.4, -0.2) is 18.1 Å². The van der Waals surface area contributed by atoms with Crippen LogP contribution < -0.4 is 14.8 Å². The lowest BCUT2D eigenvalue weighted by atomic mass is 10.1. The molecule has 0 bridgehead atoms. The van der Waals surface area contributed by atoms with Crippen LogP contribution in [0.3, 0.4) is 0 Å². The molecular weight excluding hydrogens is 302 g/mol. The Bertz CT molecular complexity index is 693. The average molecular weight is 327 g/mol. The number of nitrogens with one attached hydrogen (secondary N) is 1. The van der Waals surface area contributed by atoms with Crippen LogP contribution in [0.1, 0.15) is 31.9 Å². The minimum absolute atomic E-state index is 0.122. The van der Waals surface area contributed by atoms with E-state index in [0.717, 1.165) is 22.6 Å². The number of hydrogen-bond donors (Lipinski definition) is 1. The quantitative estimate of drug-likeness (QED) is 0.850. The summed E-state index contributed by atoms with van der Waals surface area (Å²) < 4.78 is 11.4. The molecule has 0 fully saturated rings. The van der Waals surface area contributed by atoms with Gasteiger partial charge < -0.3 is 14.8 Å². The molecule has 0 saturated carbocycles. The second-order valence-electron chi connectivity index (χ2n) is 6.21. The first-order chi connectivity index (χ1) is 11.3. The Hall–Kier alpha value is -2.49. The third kappa shape index (κ3) is 5.01. The molecule has 24 heavy (non-hydrogen) atoms. The van der Waals surface area contributed by atoms with Crippen LogP contribution in [0, 0.1) is 13.8 Å². The number of carbonyl (C=O) groups excluding carboxylic acids is 1. The van der Waals surface area contributed by atoms with E-state index in [2.05, 4.69) is 5.32 Å². The van der Waals surface area contributed by atoms with Gasteiger partial charge in [0.15, 0.2) is 6.10 Å². The molecule has 0 aliphatic rings. The van der Waals surface area contributed by atoms with Gasteiger partial charge in [0.2, 0.25) is 0 Å². The Balaban J connectivity index is 1.97. The van der Waals surface area contributed by atoms with Gasteiger partial charge in [-0.25, -0.2) is 0 Å². The fourth-order valence-corrected chi connectivity index (χ4v) is 2.21. The number of amides is 1. The molecule has 0 aliphatic heterocycles. The van der Waals surface area contributed by atoms with Crippen LogP contribution >= 0.6 is 0 Å². The van der Waals surface area contributed by atoms with Crippen molar-refractivity contribution in [2.75, 3.05) is 5.32 Å². The third-order valence-electron chi connectivity index (χ3n) is 3.51. The Morgan fingerprint density at radius 1 is 0.958 bits per heavy atom. The lowest BCUT2D eigenvalue weighted by Gasteiger charge is -2.17.